The molecule has 0 aliphatic heterocycles. The van der Waals surface area contributed by atoms with E-state index in [1.54, 1.807) is 23.0 Å². The second-order valence-electron chi connectivity index (χ2n) is 6.26. The van der Waals surface area contributed by atoms with Crippen LogP contribution in [0.15, 0.2) is 79.1 Å². The number of hydrogen-bond donors (Lipinski definition) is 1. The predicted octanol–water partition coefficient (Wildman–Crippen LogP) is 4.05. The molecule has 0 aliphatic rings. The predicted molar refractivity (Wildman–Crippen MR) is 104 cm³/mol. The zero-order valence-electron chi connectivity index (χ0n) is 15.2. The number of esters is 1. The second-order valence-corrected chi connectivity index (χ2v) is 6.26. The van der Waals surface area contributed by atoms with Gasteiger partial charge in [-0.25, -0.2) is 13.9 Å². The highest BCUT2D eigenvalue weighted by atomic mass is 19.1. The molecule has 4 aromatic rings. The molecule has 1 N–H and O–H groups in total. The first-order valence-corrected chi connectivity index (χ1v) is 8.86. The topological polar surface area (TPSA) is 77.0 Å². The van der Waals surface area contributed by atoms with Crippen molar-refractivity contribution in [1.82, 2.24) is 14.8 Å². The summed E-state index contributed by atoms with van der Waals surface area (Å²) in [5, 5.41) is 4.48. The number of ketones is 1. The summed E-state index contributed by atoms with van der Waals surface area (Å²) in [6, 6.07) is 18.2. The van der Waals surface area contributed by atoms with Crippen LogP contribution in [0, 0.1) is 5.82 Å². The van der Waals surface area contributed by atoms with E-state index in [9.17, 15) is 14.0 Å². The first-order chi connectivity index (χ1) is 14.1. The van der Waals surface area contributed by atoms with Crippen LogP contribution in [-0.4, -0.2) is 33.1 Å². The Hall–Kier alpha value is -4.00. The third kappa shape index (κ3) is 3.98. The quantitative estimate of drug-likeness (QED) is 0.399. The molecule has 4 rings (SSSR count). The zero-order chi connectivity index (χ0) is 20.2. The van der Waals surface area contributed by atoms with E-state index < -0.39 is 18.4 Å². The number of carbonyl (C=O) groups excluding carboxylic acids is 2. The summed E-state index contributed by atoms with van der Waals surface area (Å²) in [5.74, 6) is -1.43. The number of hydrogen-bond acceptors (Lipinski definition) is 4. The first-order valence-electron chi connectivity index (χ1n) is 8.86. The molecular formula is C22H16FN3O3. The molecule has 2 aromatic heterocycles. The molecule has 29 heavy (non-hydrogen) atoms. The minimum Gasteiger partial charge on any atom is -0.454 e. The number of rotatable bonds is 6. The standard InChI is InChI=1S/C22H16FN3O3/c23-16-10-8-15(9-11-16)21-18(13-26(25-21)17-5-2-1-3-6-17)22(28)29-14-20(27)19-7-4-12-24-19/h1-13,24H,14H2. The van der Waals surface area contributed by atoms with Gasteiger partial charge in [0.15, 0.2) is 6.61 Å². The normalized spacial score (nSPS) is 10.7. The fourth-order valence-corrected chi connectivity index (χ4v) is 2.85. The molecule has 2 heterocycles. The van der Waals surface area contributed by atoms with E-state index >= 15 is 0 Å². The fourth-order valence-electron chi connectivity index (χ4n) is 2.85. The molecule has 144 valence electrons. The smallest absolute Gasteiger partial charge is 0.342 e. The molecule has 7 heteroatoms. The molecule has 0 amide bonds. The molecule has 6 nitrogen and oxygen atoms in total. The summed E-state index contributed by atoms with van der Waals surface area (Å²) < 4.78 is 20.1. The fraction of sp³-hybridized carbons (Fsp3) is 0.0455. The number of benzene rings is 2. The van der Waals surface area contributed by atoms with Crippen molar-refractivity contribution in [2.75, 3.05) is 6.61 Å². The Balaban J connectivity index is 1.65. The van der Waals surface area contributed by atoms with Gasteiger partial charge in [-0.05, 0) is 48.5 Å². The molecule has 0 saturated heterocycles. The summed E-state index contributed by atoms with van der Waals surface area (Å²) in [6.45, 7) is -0.404. The van der Waals surface area contributed by atoms with Gasteiger partial charge in [-0.3, -0.25) is 4.79 Å². The molecule has 0 atom stereocenters. The van der Waals surface area contributed by atoms with Crippen molar-refractivity contribution < 1.29 is 18.7 Å². The number of Topliss-reactive ketones (excluding diaryl/α,β-unsaturated/α-hetero) is 1. The van der Waals surface area contributed by atoms with Crippen LogP contribution >= 0.6 is 0 Å². The van der Waals surface area contributed by atoms with E-state index in [-0.39, 0.29) is 11.3 Å². The maximum absolute atomic E-state index is 13.3. The summed E-state index contributed by atoms with van der Waals surface area (Å²) in [5.41, 5.74) is 2.18. The van der Waals surface area contributed by atoms with Crippen molar-refractivity contribution in [3.63, 3.8) is 0 Å². The van der Waals surface area contributed by atoms with Crippen molar-refractivity contribution in [1.29, 1.82) is 0 Å². The Labute approximate surface area is 165 Å². The summed E-state index contributed by atoms with van der Waals surface area (Å²) in [4.78, 5) is 27.6. The van der Waals surface area contributed by atoms with Crippen LogP contribution in [-0.2, 0) is 4.74 Å². The molecule has 0 aliphatic carbocycles. The minimum atomic E-state index is -0.689. The lowest BCUT2D eigenvalue weighted by Crippen LogP contribution is -2.14. The zero-order valence-corrected chi connectivity index (χ0v) is 15.2. The number of nitrogens with zero attached hydrogens (tertiary/aromatic N) is 2. The van der Waals surface area contributed by atoms with Crippen LogP contribution in [0.3, 0.4) is 0 Å². The van der Waals surface area contributed by atoms with E-state index in [0.29, 0.717) is 17.0 Å². The maximum atomic E-state index is 13.3. The molecule has 0 fully saturated rings. The van der Waals surface area contributed by atoms with E-state index in [0.717, 1.165) is 5.69 Å². The molecular weight excluding hydrogens is 373 g/mol. The number of halogens is 1. The van der Waals surface area contributed by atoms with Crippen molar-refractivity contribution in [3.05, 3.63) is 96.2 Å². The van der Waals surface area contributed by atoms with Crippen LogP contribution in [0.25, 0.3) is 16.9 Å². The van der Waals surface area contributed by atoms with Gasteiger partial charge in [-0.2, -0.15) is 5.10 Å². The van der Waals surface area contributed by atoms with Gasteiger partial charge >= 0.3 is 5.97 Å². The van der Waals surface area contributed by atoms with E-state index in [2.05, 4.69) is 10.1 Å². The molecule has 0 bridgehead atoms. The van der Waals surface area contributed by atoms with Crippen molar-refractivity contribution in [2.24, 2.45) is 0 Å². The van der Waals surface area contributed by atoms with E-state index in [1.165, 1.54) is 30.5 Å². The Bertz CT molecular complexity index is 1130. The number of para-hydroxylation sites is 1. The van der Waals surface area contributed by atoms with Crippen molar-refractivity contribution in [3.8, 4) is 16.9 Å². The number of aromatic nitrogens is 3. The Morgan fingerprint density at radius 1 is 1.00 bits per heavy atom. The molecule has 2 aromatic carbocycles. The van der Waals surface area contributed by atoms with Crippen molar-refractivity contribution in [2.45, 2.75) is 0 Å². The highest BCUT2D eigenvalue weighted by Crippen LogP contribution is 2.25. The molecule has 0 spiro atoms. The Morgan fingerprint density at radius 3 is 2.45 bits per heavy atom. The van der Waals surface area contributed by atoms with Gasteiger partial charge in [0.2, 0.25) is 5.78 Å². The van der Waals surface area contributed by atoms with Gasteiger partial charge in [0.05, 0.1) is 11.4 Å². The van der Waals surface area contributed by atoms with Crippen LogP contribution in [0.2, 0.25) is 0 Å². The second kappa shape index (κ2) is 7.93. The van der Waals surface area contributed by atoms with Crippen molar-refractivity contribution >= 4 is 11.8 Å². The van der Waals surface area contributed by atoms with Crippen LogP contribution in [0.5, 0.6) is 0 Å². The lowest BCUT2D eigenvalue weighted by Gasteiger charge is -2.04. The number of nitrogens with one attached hydrogen (secondary N) is 1. The maximum Gasteiger partial charge on any atom is 0.342 e. The average molecular weight is 389 g/mol. The van der Waals surface area contributed by atoms with Gasteiger partial charge in [0.1, 0.15) is 17.1 Å². The third-order valence-electron chi connectivity index (χ3n) is 4.31. The van der Waals surface area contributed by atoms with Crippen LogP contribution in [0.4, 0.5) is 4.39 Å². The van der Waals surface area contributed by atoms with E-state index in [1.807, 2.05) is 30.3 Å². The number of H-pyrrole nitrogens is 1. The largest absolute Gasteiger partial charge is 0.454 e. The Morgan fingerprint density at radius 2 is 1.76 bits per heavy atom. The SMILES string of the molecule is O=C(COC(=O)c1cn(-c2ccccc2)nc1-c1ccc(F)cc1)c1ccc[nH]1. The lowest BCUT2D eigenvalue weighted by molar-refractivity contribution is 0.0474. The van der Waals surface area contributed by atoms with Crippen LogP contribution in [0.1, 0.15) is 20.8 Å². The van der Waals surface area contributed by atoms with Gasteiger partial charge in [-0.15, -0.1) is 0 Å². The first kappa shape index (κ1) is 18.4. The molecule has 0 unspecified atom stereocenters. The van der Waals surface area contributed by atoms with E-state index in [4.69, 9.17) is 4.74 Å². The molecule has 0 radical (unpaired) electrons. The van der Waals surface area contributed by atoms with Gasteiger partial charge in [0.25, 0.3) is 0 Å². The highest BCUT2D eigenvalue weighted by Gasteiger charge is 2.21. The third-order valence-corrected chi connectivity index (χ3v) is 4.31. The summed E-state index contributed by atoms with van der Waals surface area (Å²) in [7, 11) is 0. The van der Waals surface area contributed by atoms with Gasteiger partial charge < -0.3 is 9.72 Å². The minimum absolute atomic E-state index is 0.180. The monoisotopic (exact) mass is 389 g/mol. The number of ether oxygens (including phenoxy) is 1. The summed E-state index contributed by atoms with van der Waals surface area (Å²) >= 11 is 0. The van der Waals surface area contributed by atoms with Crippen LogP contribution < -0.4 is 0 Å². The Kier molecular flexibility index (Phi) is 5.03. The summed E-state index contributed by atoms with van der Waals surface area (Å²) in [6.07, 6.45) is 3.15. The van der Waals surface area contributed by atoms with Gasteiger partial charge in [-0.1, -0.05) is 18.2 Å². The average Bonchev–Trinajstić information content (AvgIpc) is 3.43. The number of aromatic amines is 1. The lowest BCUT2D eigenvalue weighted by atomic mass is 10.1. The van der Waals surface area contributed by atoms with Gasteiger partial charge in [0, 0.05) is 18.0 Å². The molecule has 0 saturated carbocycles. The number of carbonyl (C=O) groups is 2. The highest BCUT2D eigenvalue weighted by molar-refractivity contribution is 6.00.